The highest BCUT2D eigenvalue weighted by molar-refractivity contribution is 5.64. The van der Waals surface area contributed by atoms with E-state index in [9.17, 15) is 0 Å². The minimum absolute atomic E-state index is 0.269. The van der Waals surface area contributed by atoms with Gasteiger partial charge in [-0.25, -0.2) is 0 Å². The van der Waals surface area contributed by atoms with Crippen molar-refractivity contribution in [1.82, 2.24) is 0 Å². The van der Waals surface area contributed by atoms with Crippen LogP contribution in [0.5, 0.6) is 5.75 Å². The molecule has 0 radical (unpaired) electrons. The van der Waals surface area contributed by atoms with Crippen molar-refractivity contribution in [3.63, 3.8) is 0 Å². The van der Waals surface area contributed by atoms with Gasteiger partial charge in [0.05, 0.1) is 12.2 Å². The predicted molar refractivity (Wildman–Crippen MR) is 121 cm³/mol. The van der Waals surface area contributed by atoms with E-state index in [1.807, 2.05) is 0 Å². The van der Waals surface area contributed by atoms with Crippen LogP contribution in [0.4, 0.5) is 0 Å². The molecule has 0 amide bonds. The molecule has 154 valence electrons. The Hall–Kier alpha value is -2.27. The Labute approximate surface area is 176 Å². The fourth-order valence-corrected chi connectivity index (χ4v) is 4.38. The van der Waals surface area contributed by atoms with E-state index in [1.165, 1.54) is 42.4 Å². The third-order valence-electron chi connectivity index (χ3n) is 6.28. The average Bonchev–Trinajstić information content (AvgIpc) is 2.77. The summed E-state index contributed by atoms with van der Waals surface area (Å²) >= 11 is 0. The highest BCUT2D eigenvalue weighted by Gasteiger charge is 2.21. The van der Waals surface area contributed by atoms with Crippen LogP contribution in [-0.4, -0.2) is 6.10 Å². The molecule has 2 aromatic rings. The summed E-state index contributed by atoms with van der Waals surface area (Å²) in [4.78, 5) is 0. The summed E-state index contributed by atoms with van der Waals surface area (Å²) < 4.78 is 6.08. The summed E-state index contributed by atoms with van der Waals surface area (Å²) in [5.74, 6) is 1.84. The van der Waals surface area contributed by atoms with Crippen LogP contribution in [0.1, 0.15) is 83.1 Å². The Kier molecular flexibility index (Phi) is 8.17. The van der Waals surface area contributed by atoms with Crippen LogP contribution in [-0.2, 0) is 0 Å². The molecule has 1 aliphatic rings. The Morgan fingerprint density at radius 1 is 0.897 bits per heavy atom. The van der Waals surface area contributed by atoms with Crippen LogP contribution in [0.25, 0.3) is 11.1 Å². The highest BCUT2D eigenvalue weighted by atomic mass is 16.5. The highest BCUT2D eigenvalue weighted by Crippen LogP contribution is 2.36. The molecule has 0 saturated heterocycles. The molecule has 29 heavy (non-hydrogen) atoms. The second kappa shape index (κ2) is 11.1. The standard InChI is InChI=1S/C27H35NO/c1-3-4-5-6-7-21(2)29-27-18-16-26(17-19-27)25-14-12-24(13-15-25)23-10-8-22(20-28)9-11-23/h12-19,21-23H,3-11H2,1-2H3. The molecule has 2 aromatic carbocycles. The minimum Gasteiger partial charge on any atom is -0.491 e. The van der Waals surface area contributed by atoms with E-state index >= 15 is 0 Å². The van der Waals surface area contributed by atoms with E-state index in [-0.39, 0.29) is 12.0 Å². The molecule has 0 aromatic heterocycles. The maximum Gasteiger partial charge on any atom is 0.119 e. The van der Waals surface area contributed by atoms with E-state index in [0.29, 0.717) is 5.92 Å². The second-order valence-corrected chi connectivity index (χ2v) is 8.60. The van der Waals surface area contributed by atoms with Crippen LogP contribution < -0.4 is 4.74 Å². The van der Waals surface area contributed by atoms with E-state index in [4.69, 9.17) is 10.00 Å². The number of rotatable bonds is 9. The van der Waals surface area contributed by atoms with Gasteiger partial charge in [0.15, 0.2) is 0 Å². The molecule has 1 saturated carbocycles. The second-order valence-electron chi connectivity index (χ2n) is 8.60. The van der Waals surface area contributed by atoms with E-state index in [2.05, 4.69) is 68.4 Å². The summed E-state index contributed by atoms with van der Waals surface area (Å²) in [6, 6.07) is 19.9. The van der Waals surface area contributed by atoms with Gasteiger partial charge in [0.2, 0.25) is 0 Å². The van der Waals surface area contributed by atoms with Crippen molar-refractivity contribution in [3.05, 3.63) is 54.1 Å². The number of benzene rings is 2. The maximum absolute atomic E-state index is 9.08. The van der Waals surface area contributed by atoms with Crippen LogP contribution in [0.15, 0.2) is 48.5 Å². The molecular formula is C27H35NO. The summed E-state index contributed by atoms with van der Waals surface area (Å²) in [6.45, 7) is 4.42. The first-order valence-corrected chi connectivity index (χ1v) is 11.5. The largest absolute Gasteiger partial charge is 0.491 e. The van der Waals surface area contributed by atoms with Gasteiger partial charge in [-0.2, -0.15) is 5.26 Å². The molecule has 0 N–H and O–H groups in total. The van der Waals surface area contributed by atoms with Crippen molar-refractivity contribution in [2.75, 3.05) is 0 Å². The van der Waals surface area contributed by atoms with Crippen LogP contribution >= 0.6 is 0 Å². The maximum atomic E-state index is 9.08. The lowest BCUT2D eigenvalue weighted by molar-refractivity contribution is 0.206. The predicted octanol–water partition coefficient (Wildman–Crippen LogP) is 7.89. The average molecular weight is 390 g/mol. The molecule has 3 rings (SSSR count). The van der Waals surface area contributed by atoms with Gasteiger partial charge in [-0.15, -0.1) is 0 Å². The third-order valence-corrected chi connectivity index (χ3v) is 6.28. The van der Waals surface area contributed by atoms with Crippen molar-refractivity contribution >= 4 is 0 Å². The van der Waals surface area contributed by atoms with Gasteiger partial charge in [-0.3, -0.25) is 0 Å². The molecule has 0 aliphatic heterocycles. The summed E-state index contributed by atoms with van der Waals surface area (Å²) in [5, 5.41) is 9.08. The van der Waals surface area contributed by atoms with Gasteiger partial charge < -0.3 is 4.74 Å². The summed E-state index contributed by atoms with van der Waals surface area (Å²) in [5.41, 5.74) is 3.90. The van der Waals surface area contributed by atoms with Crippen molar-refractivity contribution in [3.8, 4) is 22.9 Å². The van der Waals surface area contributed by atoms with Gasteiger partial charge in [0.25, 0.3) is 0 Å². The van der Waals surface area contributed by atoms with Crippen molar-refractivity contribution < 1.29 is 4.74 Å². The molecule has 0 bridgehead atoms. The zero-order valence-electron chi connectivity index (χ0n) is 18.1. The van der Waals surface area contributed by atoms with Crippen molar-refractivity contribution in [2.45, 2.75) is 83.7 Å². The number of unbranched alkanes of at least 4 members (excludes halogenated alkanes) is 3. The molecule has 1 atom stereocenters. The number of nitriles is 1. The quantitative estimate of drug-likeness (QED) is 0.408. The van der Waals surface area contributed by atoms with Gasteiger partial charge in [-0.05, 0) is 80.2 Å². The molecule has 0 spiro atoms. The third kappa shape index (κ3) is 6.36. The van der Waals surface area contributed by atoms with Crippen LogP contribution in [0.2, 0.25) is 0 Å². The monoisotopic (exact) mass is 389 g/mol. The smallest absolute Gasteiger partial charge is 0.119 e. The van der Waals surface area contributed by atoms with Crippen molar-refractivity contribution in [2.24, 2.45) is 5.92 Å². The fraction of sp³-hybridized carbons (Fsp3) is 0.519. The van der Waals surface area contributed by atoms with Crippen LogP contribution in [0, 0.1) is 17.2 Å². The fourth-order valence-electron chi connectivity index (χ4n) is 4.38. The first-order valence-electron chi connectivity index (χ1n) is 11.5. The first-order chi connectivity index (χ1) is 14.2. The molecule has 1 aliphatic carbocycles. The Morgan fingerprint density at radius 2 is 1.52 bits per heavy atom. The van der Waals surface area contributed by atoms with Gasteiger partial charge in [0, 0.05) is 5.92 Å². The number of hydrogen-bond donors (Lipinski definition) is 0. The van der Waals surface area contributed by atoms with Crippen LogP contribution in [0.3, 0.4) is 0 Å². The molecule has 2 nitrogen and oxygen atoms in total. The molecular weight excluding hydrogens is 354 g/mol. The molecule has 1 fully saturated rings. The number of nitrogens with zero attached hydrogens (tertiary/aromatic N) is 1. The SMILES string of the molecule is CCCCCCC(C)Oc1ccc(-c2ccc(C3CCC(C#N)CC3)cc2)cc1. The molecule has 0 heterocycles. The topological polar surface area (TPSA) is 33.0 Å². The normalized spacial score (nSPS) is 20.0. The Morgan fingerprint density at radius 3 is 2.10 bits per heavy atom. The van der Waals surface area contributed by atoms with Gasteiger partial charge in [0.1, 0.15) is 5.75 Å². The lowest BCUT2D eigenvalue weighted by Crippen LogP contribution is -2.11. The van der Waals surface area contributed by atoms with E-state index in [0.717, 1.165) is 37.9 Å². The molecule has 2 heteroatoms. The zero-order valence-corrected chi connectivity index (χ0v) is 18.1. The van der Waals surface area contributed by atoms with E-state index < -0.39 is 0 Å². The Balaban J connectivity index is 1.52. The minimum atomic E-state index is 0.269. The Bertz CT molecular complexity index is 764. The lowest BCUT2D eigenvalue weighted by Gasteiger charge is -2.25. The van der Waals surface area contributed by atoms with Crippen molar-refractivity contribution in [1.29, 1.82) is 5.26 Å². The zero-order chi connectivity index (χ0) is 20.5. The lowest BCUT2D eigenvalue weighted by atomic mass is 9.79. The molecule has 1 unspecified atom stereocenters. The van der Waals surface area contributed by atoms with Gasteiger partial charge in [-0.1, -0.05) is 62.6 Å². The summed E-state index contributed by atoms with van der Waals surface area (Å²) in [6.07, 6.45) is 10.9. The summed E-state index contributed by atoms with van der Waals surface area (Å²) in [7, 11) is 0. The number of ether oxygens (including phenoxy) is 1. The van der Waals surface area contributed by atoms with E-state index in [1.54, 1.807) is 0 Å². The van der Waals surface area contributed by atoms with Gasteiger partial charge >= 0.3 is 0 Å². The first kappa shape index (κ1) is 21.4. The number of hydrogen-bond acceptors (Lipinski definition) is 2.